The number of hydrogen-bond donors (Lipinski definition) is 1. The number of nitrogens with one attached hydrogen (secondary N) is 1. The molecule has 1 saturated heterocycles. The van der Waals surface area contributed by atoms with Gasteiger partial charge in [0.25, 0.3) is 0 Å². The minimum absolute atomic E-state index is 0.0503. The maximum atomic E-state index is 12.5. The third kappa shape index (κ3) is 4.52. The topological polar surface area (TPSA) is 54.5 Å². The molecule has 0 aliphatic carbocycles. The molecule has 1 fully saturated rings. The van der Waals surface area contributed by atoms with Crippen LogP contribution in [-0.2, 0) is 14.9 Å². The Labute approximate surface area is 133 Å². The van der Waals surface area contributed by atoms with Gasteiger partial charge >= 0.3 is 0 Å². The molecule has 1 unspecified atom stereocenters. The predicted octanol–water partition coefficient (Wildman–Crippen LogP) is 1.44. The van der Waals surface area contributed by atoms with Crippen molar-refractivity contribution in [3.05, 3.63) is 30.1 Å². The summed E-state index contributed by atoms with van der Waals surface area (Å²) in [7, 11) is 0. The summed E-state index contributed by atoms with van der Waals surface area (Å²) < 4.78 is 5.36. The van der Waals surface area contributed by atoms with E-state index in [-0.39, 0.29) is 5.91 Å². The Morgan fingerprint density at radius 3 is 2.82 bits per heavy atom. The number of carbonyl (C=O) groups is 1. The van der Waals surface area contributed by atoms with Gasteiger partial charge in [0.05, 0.1) is 18.6 Å². The highest BCUT2D eigenvalue weighted by atomic mass is 16.5. The van der Waals surface area contributed by atoms with E-state index in [1.165, 1.54) is 0 Å². The highest BCUT2D eigenvalue weighted by molar-refractivity contribution is 5.87. The Hall–Kier alpha value is -1.46. The molecule has 122 valence electrons. The Bertz CT molecular complexity index is 470. The van der Waals surface area contributed by atoms with Crippen LogP contribution >= 0.6 is 0 Å². The lowest BCUT2D eigenvalue weighted by molar-refractivity contribution is -0.125. The summed E-state index contributed by atoms with van der Waals surface area (Å²) in [4.78, 5) is 19.0. The molecule has 0 radical (unpaired) electrons. The lowest BCUT2D eigenvalue weighted by Crippen LogP contribution is -2.45. The van der Waals surface area contributed by atoms with Crippen LogP contribution in [-0.4, -0.2) is 55.2 Å². The number of hydrogen-bond acceptors (Lipinski definition) is 4. The lowest BCUT2D eigenvalue weighted by atomic mass is 9.84. The normalized spacial score (nSPS) is 18.0. The standard InChI is InChI=1S/C17H27N3O2/c1-14(13-20-7-9-22-10-8-20)11-19-16(21)17(2,3)15-5-4-6-18-12-15/h4-6,12,14H,7-11,13H2,1-3H3,(H,19,21). The van der Waals surface area contributed by atoms with Crippen LogP contribution in [0.25, 0.3) is 0 Å². The molecule has 5 heteroatoms. The summed E-state index contributed by atoms with van der Waals surface area (Å²) in [5.41, 5.74) is 0.376. The fourth-order valence-electron chi connectivity index (χ4n) is 2.64. The smallest absolute Gasteiger partial charge is 0.230 e. The van der Waals surface area contributed by atoms with Crippen molar-refractivity contribution in [2.24, 2.45) is 5.92 Å². The van der Waals surface area contributed by atoms with Gasteiger partial charge in [-0.1, -0.05) is 13.0 Å². The van der Waals surface area contributed by atoms with Gasteiger partial charge < -0.3 is 10.1 Å². The molecule has 1 aromatic rings. The lowest BCUT2D eigenvalue weighted by Gasteiger charge is -2.30. The zero-order valence-corrected chi connectivity index (χ0v) is 13.8. The van der Waals surface area contributed by atoms with Gasteiger partial charge in [-0.05, 0) is 31.4 Å². The van der Waals surface area contributed by atoms with Crippen molar-refractivity contribution in [3.63, 3.8) is 0 Å². The second kappa shape index (κ2) is 7.70. The molecule has 0 aromatic carbocycles. The van der Waals surface area contributed by atoms with Crippen LogP contribution in [0.2, 0.25) is 0 Å². The van der Waals surface area contributed by atoms with Crippen molar-refractivity contribution in [2.75, 3.05) is 39.4 Å². The highest BCUT2D eigenvalue weighted by Gasteiger charge is 2.30. The van der Waals surface area contributed by atoms with E-state index in [1.807, 2.05) is 26.0 Å². The summed E-state index contributed by atoms with van der Waals surface area (Å²) in [6, 6.07) is 3.81. The molecule has 0 bridgehead atoms. The van der Waals surface area contributed by atoms with E-state index in [0.29, 0.717) is 12.5 Å². The molecule has 1 aliphatic rings. The molecule has 0 spiro atoms. The zero-order chi connectivity index (χ0) is 16.0. The summed E-state index contributed by atoms with van der Waals surface area (Å²) in [5, 5.41) is 3.09. The molecule has 1 amide bonds. The van der Waals surface area contributed by atoms with Gasteiger partial charge in [-0.25, -0.2) is 0 Å². The Morgan fingerprint density at radius 2 is 2.18 bits per heavy atom. The summed E-state index contributed by atoms with van der Waals surface area (Å²) in [6.07, 6.45) is 3.48. The van der Waals surface area contributed by atoms with E-state index >= 15 is 0 Å². The number of morpholine rings is 1. The Morgan fingerprint density at radius 1 is 1.45 bits per heavy atom. The molecule has 2 rings (SSSR count). The number of ether oxygens (including phenoxy) is 1. The van der Waals surface area contributed by atoms with Gasteiger partial charge in [0, 0.05) is 38.6 Å². The largest absolute Gasteiger partial charge is 0.379 e. The van der Waals surface area contributed by atoms with Gasteiger partial charge in [-0.15, -0.1) is 0 Å². The van der Waals surface area contributed by atoms with Crippen LogP contribution in [0.4, 0.5) is 0 Å². The van der Waals surface area contributed by atoms with Crippen LogP contribution in [0, 0.1) is 5.92 Å². The van der Waals surface area contributed by atoms with E-state index < -0.39 is 5.41 Å². The fourth-order valence-corrected chi connectivity index (χ4v) is 2.64. The zero-order valence-electron chi connectivity index (χ0n) is 13.8. The van der Waals surface area contributed by atoms with E-state index in [1.54, 1.807) is 12.4 Å². The molecule has 2 heterocycles. The van der Waals surface area contributed by atoms with E-state index in [9.17, 15) is 4.79 Å². The summed E-state index contributed by atoms with van der Waals surface area (Å²) >= 11 is 0. The fraction of sp³-hybridized carbons (Fsp3) is 0.647. The number of amides is 1. The third-order valence-electron chi connectivity index (χ3n) is 4.24. The predicted molar refractivity (Wildman–Crippen MR) is 86.7 cm³/mol. The average Bonchev–Trinajstić information content (AvgIpc) is 2.54. The Kier molecular flexibility index (Phi) is 5.91. The molecule has 1 aliphatic heterocycles. The first-order chi connectivity index (χ1) is 10.5. The van der Waals surface area contributed by atoms with E-state index in [0.717, 1.165) is 38.4 Å². The molecule has 0 saturated carbocycles. The van der Waals surface area contributed by atoms with Crippen LogP contribution in [0.3, 0.4) is 0 Å². The van der Waals surface area contributed by atoms with Gasteiger partial charge in [0.1, 0.15) is 0 Å². The van der Waals surface area contributed by atoms with Crippen LogP contribution in [0.1, 0.15) is 26.3 Å². The minimum Gasteiger partial charge on any atom is -0.379 e. The molecular formula is C17H27N3O2. The SMILES string of the molecule is CC(CNC(=O)C(C)(C)c1cccnc1)CN1CCOCC1. The van der Waals surface area contributed by atoms with E-state index in [2.05, 4.69) is 22.1 Å². The van der Waals surface area contributed by atoms with Gasteiger partial charge in [0.15, 0.2) is 0 Å². The molecule has 1 aromatic heterocycles. The monoisotopic (exact) mass is 305 g/mol. The third-order valence-corrected chi connectivity index (χ3v) is 4.24. The maximum absolute atomic E-state index is 12.5. The number of rotatable bonds is 6. The first-order valence-corrected chi connectivity index (χ1v) is 7.99. The van der Waals surface area contributed by atoms with Crippen LogP contribution in [0.5, 0.6) is 0 Å². The highest BCUT2D eigenvalue weighted by Crippen LogP contribution is 2.22. The first kappa shape index (κ1) is 16.9. The van der Waals surface area contributed by atoms with Crippen molar-refractivity contribution in [1.29, 1.82) is 0 Å². The second-order valence-electron chi connectivity index (χ2n) is 6.59. The van der Waals surface area contributed by atoms with Crippen molar-refractivity contribution in [1.82, 2.24) is 15.2 Å². The van der Waals surface area contributed by atoms with Gasteiger partial charge in [-0.3, -0.25) is 14.7 Å². The van der Waals surface area contributed by atoms with Gasteiger partial charge in [0.2, 0.25) is 5.91 Å². The number of pyridine rings is 1. The van der Waals surface area contributed by atoms with Gasteiger partial charge in [-0.2, -0.15) is 0 Å². The summed E-state index contributed by atoms with van der Waals surface area (Å²) in [5.74, 6) is 0.473. The Balaban J connectivity index is 1.81. The maximum Gasteiger partial charge on any atom is 0.230 e. The molecule has 22 heavy (non-hydrogen) atoms. The molecule has 1 N–H and O–H groups in total. The summed E-state index contributed by atoms with van der Waals surface area (Å²) in [6.45, 7) is 11.3. The first-order valence-electron chi connectivity index (χ1n) is 7.99. The van der Waals surface area contributed by atoms with Crippen molar-refractivity contribution in [2.45, 2.75) is 26.2 Å². The average molecular weight is 305 g/mol. The second-order valence-corrected chi connectivity index (χ2v) is 6.59. The number of nitrogens with zero attached hydrogens (tertiary/aromatic N) is 2. The van der Waals surface area contributed by atoms with E-state index in [4.69, 9.17) is 4.74 Å². The minimum atomic E-state index is -0.563. The molecule has 5 nitrogen and oxygen atoms in total. The molecular weight excluding hydrogens is 278 g/mol. The van der Waals surface area contributed by atoms with Crippen LogP contribution < -0.4 is 5.32 Å². The molecule has 1 atom stereocenters. The van der Waals surface area contributed by atoms with Crippen LogP contribution in [0.15, 0.2) is 24.5 Å². The quantitative estimate of drug-likeness (QED) is 0.864. The van der Waals surface area contributed by atoms with Crippen molar-refractivity contribution >= 4 is 5.91 Å². The van der Waals surface area contributed by atoms with Crippen molar-refractivity contribution in [3.8, 4) is 0 Å². The van der Waals surface area contributed by atoms with Crippen molar-refractivity contribution < 1.29 is 9.53 Å². The number of aromatic nitrogens is 1. The number of carbonyl (C=O) groups excluding carboxylic acids is 1.